The molecule has 2 rings (SSSR count). The average molecular weight is 287 g/mol. The van der Waals surface area contributed by atoms with E-state index in [0.29, 0.717) is 18.0 Å². The lowest BCUT2D eigenvalue weighted by atomic mass is 10.2. The van der Waals surface area contributed by atoms with E-state index in [2.05, 4.69) is 10.5 Å². The molecule has 19 heavy (non-hydrogen) atoms. The standard InChI is InChI=1S/C11H17N3O4S/c1-8-5-10(13-18-8)12-11(15)6-14(2)9-3-4-19(16,17)7-9/h5,9H,3-4,6-7H2,1-2H3,(H,12,13,15). The van der Waals surface area contributed by atoms with Gasteiger partial charge in [0.1, 0.15) is 5.76 Å². The molecule has 1 aromatic heterocycles. The van der Waals surface area contributed by atoms with E-state index in [-0.39, 0.29) is 30.0 Å². The fourth-order valence-electron chi connectivity index (χ4n) is 2.09. The average Bonchev–Trinajstić information content (AvgIpc) is 2.84. The highest BCUT2D eigenvalue weighted by molar-refractivity contribution is 7.91. The first-order valence-corrected chi connectivity index (χ1v) is 7.82. The highest BCUT2D eigenvalue weighted by Crippen LogP contribution is 2.16. The monoisotopic (exact) mass is 287 g/mol. The quantitative estimate of drug-likeness (QED) is 0.840. The van der Waals surface area contributed by atoms with Crippen molar-refractivity contribution in [2.45, 2.75) is 19.4 Å². The van der Waals surface area contributed by atoms with Crippen molar-refractivity contribution in [2.24, 2.45) is 0 Å². The summed E-state index contributed by atoms with van der Waals surface area (Å²) in [5.74, 6) is 1.08. The van der Waals surface area contributed by atoms with Crippen LogP contribution in [0.3, 0.4) is 0 Å². The van der Waals surface area contributed by atoms with Gasteiger partial charge in [-0.25, -0.2) is 8.42 Å². The van der Waals surface area contributed by atoms with Gasteiger partial charge in [0.15, 0.2) is 15.7 Å². The number of hydrogen-bond donors (Lipinski definition) is 1. The Morgan fingerprint density at radius 3 is 2.89 bits per heavy atom. The van der Waals surface area contributed by atoms with E-state index in [0.717, 1.165) is 0 Å². The Morgan fingerprint density at radius 2 is 2.37 bits per heavy atom. The third-order valence-corrected chi connectivity index (χ3v) is 4.87. The molecule has 7 nitrogen and oxygen atoms in total. The molecule has 1 unspecified atom stereocenters. The molecular weight excluding hydrogens is 270 g/mol. The predicted molar refractivity (Wildman–Crippen MR) is 69.6 cm³/mol. The molecule has 0 aromatic carbocycles. The Balaban J connectivity index is 1.85. The van der Waals surface area contributed by atoms with Gasteiger partial charge in [0, 0.05) is 12.1 Å². The Hall–Kier alpha value is -1.41. The van der Waals surface area contributed by atoms with Crippen LogP contribution >= 0.6 is 0 Å². The van der Waals surface area contributed by atoms with Crippen LogP contribution in [0.2, 0.25) is 0 Å². The van der Waals surface area contributed by atoms with E-state index in [9.17, 15) is 13.2 Å². The van der Waals surface area contributed by atoms with Crippen LogP contribution in [0.5, 0.6) is 0 Å². The molecule has 1 aliphatic heterocycles. The van der Waals surface area contributed by atoms with E-state index < -0.39 is 9.84 Å². The lowest BCUT2D eigenvalue weighted by Gasteiger charge is -2.21. The van der Waals surface area contributed by atoms with Gasteiger partial charge in [-0.15, -0.1) is 0 Å². The normalized spacial score (nSPS) is 21.7. The summed E-state index contributed by atoms with van der Waals surface area (Å²) in [6.45, 7) is 1.87. The van der Waals surface area contributed by atoms with Gasteiger partial charge in [-0.1, -0.05) is 5.16 Å². The van der Waals surface area contributed by atoms with Crippen molar-refractivity contribution in [3.63, 3.8) is 0 Å². The maximum absolute atomic E-state index is 11.8. The number of aromatic nitrogens is 1. The third kappa shape index (κ3) is 3.77. The molecule has 1 N–H and O–H groups in total. The minimum Gasteiger partial charge on any atom is -0.360 e. The van der Waals surface area contributed by atoms with Gasteiger partial charge in [0.2, 0.25) is 5.91 Å². The zero-order valence-corrected chi connectivity index (χ0v) is 11.7. The van der Waals surface area contributed by atoms with Crippen LogP contribution in [0.1, 0.15) is 12.2 Å². The zero-order chi connectivity index (χ0) is 14.0. The van der Waals surface area contributed by atoms with E-state index in [1.807, 2.05) is 0 Å². The number of rotatable bonds is 4. The summed E-state index contributed by atoms with van der Waals surface area (Å²) in [7, 11) is -1.18. The molecule has 0 radical (unpaired) electrons. The van der Waals surface area contributed by atoms with Crippen molar-refractivity contribution in [2.75, 3.05) is 30.4 Å². The minimum atomic E-state index is -2.93. The number of nitrogens with zero attached hydrogens (tertiary/aromatic N) is 2. The SMILES string of the molecule is Cc1cc(NC(=O)CN(C)C2CCS(=O)(=O)C2)no1. The number of sulfone groups is 1. The van der Waals surface area contributed by atoms with Gasteiger partial charge in [-0.2, -0.15) is 0 Å². The summed E-state index contributed by atoms with van der Waals surface area (Å²) in [5.41, 5.74) is 0. The molecular formula is C11H17N3O4S. The number of hydrogen-bond acceptors (Lipinski definition) is 6. The molecule has 0 saturated carbocycles. The molecule has 0 aliphatic carbocycles. The summed E-state index contributed by atoms with van der Waals surface area (Å²) >= 11 is 0. The molecule has 106 valence electrons. The second kappa shape index (κ2) is 5.30. The van der Waals surface area contributed by atoms with Gasteiger partial charge < -0.3 is 9.84 Å². The van der Waals surface area contributed by atoms with Crippen molar-refractivity contribution in [3.8, 4) is 0 Å². The topological polar surface area (TPSA) is 92.5 Å². The van der Waals surface area contributed by atoms with E-state index >= 15 is 0 Å². The zero-order valence-electron chi connectivity index (χ0n) is 10.9. The molecule has 0 spiro atoms. The molecule has 2 heterocycles. The number of likely N-dealkylation sites (N-methyl/N-ethyl adjacent to an activating group) is 1. The smallest absolute Gasteiger partial charge is 0.239 e. The number of amides is 1. The highest BCUT2D eigenvalue weighted by atomic mass is 32.2. The highest BCUT2D eigenvalue weighted by Gasteiger charge is 2.31. The Labute approximate surface area is 111 Å². The lowest BCUT2D eigenvalue weighted by molar-refractivity contribution is -0.117. The van der Waals surface area contributed by atoms with Crippen molar-refractivity contribution in [3.05, 3.63) is 11.8 Å². The fraction of sp³-hybridized carbons (Fsp3) is 0.636. The second-order valence-corrected chi connectivity index (χ2v) is 7.07. The van der Waals surface area contributed by atoms with E-state index in [4.69, 9.17) is 4.52 Å². The van der Waals surface area contributed by atoms with Crippen LogP contribution < -0.4 is 5.32 Å². The molecule has 1 atom stereocenters. The number of anilines is 1. The predicted octanol–water partition coefficient (Wildman–Crippen LogP) is 0.0404. The largest absolute Gasteiger partial charge is 0.360 e. The Kier molecular flexibility index (Phi) is 3.91. The summed E-state index contributed by atoms with van der Waals surface area (Å²) < 4.78 is 27.6. The third-order valence-electron chi connectivity index (χ3n) is 3.12. The first-order valence-electron chi connectivity index (χ1n) is 5.99. The van der Waals surface area contributed by atoms with Crippen LogP contribution in [-0.2, 0) is 14.6 Å². The lowest BCUT2D eigenvalue weighted by Crippen LogP contribution is -2.38. The van der Waals surface area contributed by atoms with Crippen LogP contribution in [-0.4, -0.2) is 55.5 Å². The van der Waals surface area contributed by atoms with Crippen molar-refractivity contribution < 1.29 is 17.7 Å². The number of aryl methyl sites for hydroxylation is 1. The van der Waals surface area contributed by atoms with Crippen LogP contribution in [0.25, 0.3) is 0 Å². The summed E-state index contributed by atoms with van der Waals surface area (Å²) in [6.07, 6.45) is 0.579. The van der Waals surface area contributed by atoms with Crippen molar-refractivity contribution in [1.29, 1.82) is 0 Å². The van der Waals surface area contributed by atoms with E-state index in [1.165, 1.54) is 0 Å². The first-order chi connectivity index (χ1) is 8.85. The Bertz CT molecular complexity index is 566. The molecule has 1 amide bonds. The maximum Gasteiger partial charge on any atom is 0.239 e. The van der Waals surface area contributed by atoms with Crippen LogP contribution in [0.15, 0.2) is 10.6 Å². The van der Waals surface area contributed by atoms with Gasteiger partial charge in [-0.3, -0.25) is 9.69 Å². The maximum atomic E-state index is 11.8. The van der Waals surface area contributed by atoms with E-state index in [1.54, 1.807) is 24.9 Å². The van der Waals surface area contributed by atoms with Crippen molar-refractivity contribution in [1.82, 2.24) is 10.1 Å². The summed E-state index contributed by atoms with van der Waals surface area (Å²) in [5, 5.41) is 6.27. The van der Waals surface area contributed by atoms with Crippen LogP contribution in [0.4, 0.5) is 5.82 Å². The fourth-order valence-corrected chi connectivity index (χ4v) is 3.89. The second-order valence-electron chi connectivity index (χ2n) is 4.84. The van der Waals surface area contributed by atoms with Crippen molar-refractivity contribution >= 4 is 21.6 Å². The number of nitrogens with one attached hydrogen (secondary N) is 1. The van der Waals surface area contributed by atoms with Gasteiger partial charge in [0.05, 0.1) is 18.1 Å². The molecule has 0 bridgehead atoms. The number of carbonyl (C=O) groups excluding carboxylic acids is 1. The molecule has 1 aliphatic rings. The molecule has 1 aromatic rings. The molecule has 1 fully saturated rings. The first kappa shape index (κ1) is 14.0. The Morgan fingerprint density at radius 1 is 1.63 bits per heavy atom. The molecule has 8 heteroatoms. The number of carbonyl (C=O) groups is 1. The summed E-state index contributed by atoms with van der Waals surface area (Å²) in [6, 6.07) is 1.53. The van der Waals surface area contributed by atoms with Crippen LogP contribution in [0, 0.1) is 6.92 Å². The van der Waals surface area contributed by atoms with Gasteiger partial charge >= 0.3 is 0 Å². The molecule has 1 saturated heterocycles. The minimum absolute atomic E-state index is 0.0882. The summed E-state index contributed by atoms with van der Waals surface area (Å²) in [4.78, 5) is 13.5. The van der Waals surface area contributed by atoms with Gasteiger partial charge in [-0.05, 0) is 20.4 Å². The van der Waals surface area contributed by atoms with Gasteiger partial charge in [0.25, 0.3) is 0 Å².